The van der Waals surface area contributed by atoms with Gasteiger partial charge in [-0.3, -0.25) is 11.3 Å². The zero-order valence-electron chi connectivity index (χ0n) is 11.1. The lowest BCUT2D eigenvalue weighted by molar-refractivity contribution is 0.413. The van der Waals surface area contributed by atoms with E-state index in [2.05, 4.69) is 35.1 Å². The highest BCUT2D eigenvalue weighted by Gasteiger charge is 2.09. The number of nitrogens with two attached hydrogens (primary N) is 1. The van der Waals surface area contributed by atoms with Crippen LogP contribution >= 0.6 is 11.3 Å². The Kier molecular flexibility index (Phi) is 5.39. The highest BCUT2D eigenvalue weighted by molar-refractivity contribution is 7.09. The van der Waals surface area contributed by atoms with Gasteiger partial charge in [0, 0.05) is 10.9 Å². The predicted octanol–water partition coefficient (Wildman–Crippen LogP) is 2.76. The number of hydrogen-bond donors (Lipinski definition) is 2. The van der Waals surface area contributed by atoms with Crippen LogP contribution in [-0.2, 0) is 12.8 Å². The average molecular weight is 276 g/mol. The molecule has 0 aliphatic heterocycles. The highest BCUT2D eigenvalue weighted by Crippen LogP contribution is 2.17. The molecular formula is C15H20N2OS. The van der Waals surface area contributed by atoms with Crippen molar-refractivity contribution in [3.63, 3.8) is 0 Å². The molecule has 0 fully saturated rings. The number of aryl methyl sites for hydroxylation is 1. The van der Waals surface area contributed by atoms with Crippen LogP contribution in [0.4, 0.5) is 0 Å². The van der Waals surface area contributed by atoms with E-state index in [-0.39, 0.29) is 6.04 Å². The summed E-state index contributed by atoms with van der Waals surface area (Å²) in [6.45, 7) is 0. The first-order valence-electron chi connectivity index (χ1n) is 6.43. The van der Waals surface area contributed by atoms with Crippen molar-refractivity contribution in [2.75, 3.05) is 7.11 Å². The van der Waals surface area contributed by atoms with Gasteiger partial charge in [-0.15, -0.1) is 11.3 Å². The second-order valence-electron chi connectivity index (χ2n) is 4.54. The van der Waals surface area contributed by atoms with Crippen LogP contribution in [0.3, 0.4) is 0 Å². The molecule has 0 amide bonds. The maximum atomic E-state index is 5.65. The fourth-order valence-electron chi connectivity index (χ4n) is 2.10. The Morgan fingerprint density at radius 1 is 1.32 bits per heavy atom. The molecule has 1 aromatic carbocycles. The summed E-state index contributed by atoms with van der Waals surface area (Å²) in [6.07, 6.45) is 3.02. The number of nitrogens with one attached hydrogen (secondary N) is 1. The largest absolute Gasteiger partial charge is 0.497 e. The Morgan fingerprint density at radius 3 is 2.89 bits per heavy atom. The molecule has 3 nitrogen and oxygen atoms in total. The maximum Gasteiger partial charge on any atom is 0.119 e. The lowest BCUT2D eigenvalue weighted by Gasteiger charge is -2.16. The van der Waals surface area contributed by atoms with Crippen molar-refractivity contribution >= 4 is 11.3 Å². The molecule has 0 saturated carbocycles. The van der Waals surface area contributed by atoms with Crippen molar-refractivity contribution in [1.29, 1.82) is 0 Å². The summed E-state index contributed by atoms with van der Waals surface area (Å²) >= 11 is 1.80. The first-order valence-corrected chi connectivity index (χ1v) is 7.31. The van der Waals surface area contributed by atoms with Gasteiger partial charge in [0.15, 0.2) is 0 Å². The van der Waals surface area contributed by atoms with Gasteiger partial charge >= 0.3 is 0 Å². The molecule has 0 saturated heterocycles. The molecule has 0 radical (unpaired) electrons. The van der Waals surface area contributed by atoms with Crippen LogP contribution in [0.2, 0.25) is 0 Å². The van der Waals surface area contributed by atoms with Crippen LogP contribution in [0.25, 0.3) is 0 Å². The van der Waals surface area contributed by atoms with Gasteiger partial charge in [0.1, 0.15) is 5.75 Å². The predicted molar refractivity (Wildman–Crippen MR) is 80.4 cm³/mol. The van der Waals surface area contributed by atoms with Gasteiger partial charge in [0.25, 0.3) is 0 Å². The van der Waals surface area contributed by atoms with Crippen LogP contribution in [-0.4, -0.2) is 13.2 Å². The molecule has 4 heteroatoms. The van der Waals surface area contributed by atoms with Gasteiger partial charge in [-0.1, -0.05) is 18.2 Å². The number of benzene rings is 1. The molecule has 19 heavy (non-hydrogen) atoms. The zero-order valence-corrected chi connectivity index (χ0v) is 12.0. The minimum Gasteiger partial charge on any atom is -0.497 e. The van der Waals surface area contributed by atoms with E-state index in [9.17, 15) is 0 Å². The lowest BCUT2D eigenvalue weighted by atomic mass is 10.0. The van der Waals surface area contributed by atoms with Crippen molar-refractivity contribution in [2.45, 2.75) is 25.3 Å². The minimum atomic E-state index is 0.286. The van der Waals surface area contributed by atoms with Crippen molar-refractivity contribution in [2.24, 2.45) is 5.84 Å². The Hall–Kier alpha value is -1.36. The summed E-state index contributed by atoms with van der Waals surface area (Å²) in [5.41, 5.74) is 4.16. The molecule has 0 spiro atoms. The molecule has 0 bridgehead atoms. The van der Waals surface area contributed by atoms with E-state index in [0.717, 1.165) is 25.0 Å². The lowest BCUT2D eigenvalue weighted by Crippen LogP contribution is -2.37. The number of thiophene rings is 1. The normalized spacial score (nSPS) is 12.3. The topological polar surface area (TPSA) is 47.3 Å². The van der Waals surface area contributed by atoms with Crippen molar-refractivity contribution < 1.29 is 4.74 Å². The van der Waals surface area contributed by atoms with E-state index in [0.29, 0.717) is 0 Å². The second-order valence-corrected chi connectivity index (χ2v) is 5.57. The second kappa shape index (κ2) is 7.28. The Balaban J connectivity index is 1.90. The first-order chi connectivity index (χ1) is 9.31. The first kappa shape index (κ1) is 14.1. The van der Waals surface area contributed by atoms with Crippen LogP contribution in [0.1, 0.15) is 16.9 Å². The molecule has 3 N–H and O–H groups in total. The van der Waals surface area contributed by atoms with E-state index in [1.165, 1.54) is 10.4 Å². The molecule has 1 atom stereocenters. The van der Waals surface area contributed by atoms with Gasteiger partial charge < -0.3 is 4.74 Å². The fraction of sp³-hybridized carbons (Fsp3) is 0.333. The van der Waals surface area contributed by atoms with Gasteiger partial charge in [-0.25, -0.2) is 0 Å². The third-order valence-electron chi connectivity index (χ3n) is 3.17. The number of hydrazine groups is 1. The Morgan fingerprint density at radius 2 is 2.21 bits per heavy atom. The molecular weight excluding hydrogens is 256 g/mol. The van der Waals surface area contributed by atoms with Gasteiger partial charge in [-0.2, -0.15) is 0 Å². The van der Waals surface area contributed by atoms with Crippen LogP contribution in [0.5, 0.6) is 5.75 Å². The third-order valence-corrected chi connectivity index (χ3v) is 4.11. The number of rotatable bonds is 7. The van der Waals surface area contributed by atoms with E-state index in [1.54, 1.807) is 18.4 Å². The SMILES string of the molecule is COc1cccc(CC(CCc2cccs2)NN)c1. The summed E-state index contributed by atoms with van der Waals surface area (Å²) < 4.78 is 5.24. The van der Waals surface area contributed by atoms with Crippen LogP contribution in [0.15, 0.2) is 41.8 Å². The minimum absolute atomic E-state index is 0.286. The average Bonchev–Trinajstić information content (AvgIpc) is 2.97. The quantitative estimate of drug-likeness (QED) is 0.604. The van der Waals surface area contributed by atoms with Gasteiger partial charge in [0.2, 0.25) is 0 Å². The molecule has 1 unspecified atom stereocenters. The number of hydrogen-bond acceptors (Lipinski definition) is 4. The fourth-order valence-corrected chi connectivity index (χ4v) is 2.82. The van der Waals surface area contributed by atoms with Crippen molar-refractivity contribution in [3.8, 4) is 5.75 Å². The summed E-state index contributed by atoms with van der Waals surface area (Å²) in [5, 5.41) is 2.11. The summed E-state index contributed by atoms with van der Waals surface area (Å²) in [7, 11) is 1.69. The molecule has 1 aromatic heterocycles. The smallest absolute Gasteiger partial charge is 0.119 e. The van der Waals surface area contributed by atoms with Gasteiger partial charge in [-0.05, 0) is 48.4 Å². The summed E-state index contributed by atoms with van der Waals surface area (Å²) in [5.74, 6) is 6.55. The Bertz CT molecular complexity index is 485. The van der Waals surface area contributed by atoms with E-state index in [1.807, 2.05) is 12.1 Å². The molecule has 1 heterocycles. The maximum absolute atomic E-state index is 5.65. The molecule has 102 valence electrons. The van der Waals surface area contributed by atoms with Gasteiger partial charge in [0.05, 0.1) is 7.11 Å². The third kappa shape index (κ3) is 4.35. The summed E-state index contributed by atoms with van der Waals surface area (Å²) in [4.78, 5) is 1.41. The van der Waals surface area contributed by atoms with E-state index >= 15 is 0 Å². The highest BCUT2D eigenvalue weighted by atomic mass is 32.1. The van der Waals surface area contributed by atoms with Crippen LogP contribution < -0.4 is 16.0 Å². The standard InChI is InChI=1S/C15H20N2OS/c1-18-14-5-2-4-12(11-14)10-13(17-16)7-8-15-6-3-9-19-15/h2-6,9,11,13,17H,7-8,10,16H2,1H3. The monoisotopic (exact) mass is 276 g/mol. The number of ether oxygens (including phenoxy) is 1. The summed E-state index contributed by atoms with van der Waals surface area (Å²) in [6, 6.07) is 12.7. The van der Waals surface area contributed by atoms with Crippen molar-refractivity contribution in [1.82, 2.24) is 5.43 Å². The van der Waals surface area contributed by atoms with E-state index < -0.39 is 0 Å². The zero-order chi connectivity index (χ0) is 13.5. The van der Waals surface area contributed by atoms with E-state index in [4.69, 9.17) is 10.6 Å². The van der Waals surface area contributed by atoms with Crippen LogP contribution in [0, 0.1) is 0 Å². The molecule has 2 aromatic rings. The molecule has 0 aliphatic rings. The number of methoxy groups -OCH3 is 1. The van der Waals surface area contributed by atoms with Crippen molar-refractivity contribution in [3.05, 3.63) is 52.2 Å². The molecule has 0 aliphatic carbocycles. The molecule has 2 rings (SSSR count). The Labute approximate surface area is 118 Å².